The van der Waals surface area contributed by atoms with Crippen molar-refractivity contribution in [3.63, 3.8) is 0 Å². The van der Waals surface area contributed by atoms with Gasteiger partial charge in [0.25, 0.3) is 5.91 Å². The molecular weight excluding hydrogens is 408 g/mol. The molecule has 2 aromatic rings. The van der Waals surface area contributed by atoms with Crippen molar-refractivity contribution in [3.8, 4) is 0 Å². The quantitative estimate of drug-likeness (QED) is 0.548. The van der Waals surface area contributed by atoms with Crippen LogP contribution in [0, 0.1) is 19.3 Å². The van der Waals surface area contributed by atoms with E-state index in [0.717, 1.165) is 55.1 Å². The van der Waals surface area contributed by atoms with Gasteiger partial charge in [-0.05, 0) is 57.1 Å². The molecule has 0 atom stereocenters. The highest BCUT2D eigenvalue weighted by molar-refractivity contribution is 5.97. The minimum Gasteiger partial charge on any atom is -0.462 e. The van der Waals surface area contributed by atoms with Crippen LogP contribution in [0.2, 0.25) is 0 Å². The number of hydrogen-bond acceptors (Lipinski definition) is 6. The summed E-state index contributed by atoms with van der Waals surface area (Å²) >= 11 is 0. The molecule has 172 valence electrons. The van der Waals surface area contributed by atoms with Gasteiger partial charge in [-0.2, -0.15) is 5.10 Å². The number of fused-ring (bicyclic) bond motifs is 1. The number of carbonyl (C=O) groups is 2. The number of aryl methyl sites for hydroxylation is 4. The van der Waals surface area contributed by atoms with Crippen LogP contribution in [0.5, 0.6) is 0 Å². The molecule has 1 N–H and O–H groups in total. The predicted molar refractivity (Wildman–Crippen MR) is 119 cm³/mol. The number of nitrogens with one attached hydrogen (secondary N) is 1. The fourth-order valence-corrected chi connectivity index (χ4v) is 4.72. The van der Waals surface area contributed by atoms with Crippen molar-refractivity contribution in [2.24, 2.45) is 5.41 Å². The Labute approximate surface area is 188 Å². The Bertz CT molecular complexity index is 1010. The number of amides is 1. The van der Waals surface area contributed by atoms with E-state index in [2.05, 4.69) is 10.3 Å². The molecule has 0 bridgehead atoms. The van der Waals surface area contributed by atoms with Crippen molar-refractivity contribution in [2.75, 3.05) is 26.4 Å². The second-order valence-electron chi connectivity index (χ2n) is 8.89. The molecule has 0 saturated carbocycles. The van der Waals surface area contributed by atoms with Crippen LogP contribution in [-0.4, -0.2) is 53.0 Å². The van der Waals surface area contributed by atoms with E-state index in [1.165, 1.54) is 0 Å². The van der Waals surface area contributed by atoms with Crippen molar-refractivity contribution in [1.82, 2.24) is 20.1 Å². The average molecular weight is 441 g/mol. The van der Waals surface area contributed by atoms with Crippen molar-refractivity contribution >= 4 is 11.9 Å². The van der Waals surface area contributed by atoms with Gasteiger partial charge in [-0.1, -0.05) is 6.92 Å². The number of esters is 1. The van der Waals surface area contributed by atoms with Crippen LogP contribution in [0.4, 0.5) is 0 Å². The van der Waals surface area contributed by atoms with Gasteiger partial charge < -0.3 is 14.8 Å². The molecule has 0 aromatic carbocycles. The Morgan fingerprint density at radius 3 is 2.78 bits per heavy atom. The second-order valence-corrected chi connectivity index (χ2v) is 8.89. The van der Waals surface area contributed by atoms with E-state index in [9.17, 15) is 9.59 Å². The van der Waals surface area contributed by atoms with Gasteiger partial charge in [0.2, 0.25) is 0 Å². The summed E-state index contributed by atoms with van der Waals surface area (Å²) in [5.74, 6) is -0.385. The van der Waals surface area contributed by atoms with Crippen LogP contribution in [0.25, 0.3) is 0 Å². The summed E-state index contributed by atoms with van der Waals surface area (Å²) in [6.45, 7) is 8.74. The molecule has 1 fully saturated rings. The lowest BCUT2D eigenvalue weighted by Crippen LogP contribution is -2.40. The minimum absolute atomic E-state index is 0.0182. The fourth-order valence-electron chi connectivity index (χ4n) is 4.72. The summed E-state index contributed by atoms with van der Waals surface area (Å²) in [6.07, 6.45) is 4.00. The van der Waals surface area contributed by atoms with Gasteiger partial charge in [0.1, 0.15) is 0 Å². The topological polar surface area (TPSA) is 95.3 Å². The van der Waals surface area contributed by atoms with Crippen molar-refractivity contribution in [1.29, 1.82) is 0 Å². The molecule has 0 radical (unpaired) electrons. The molecule has 0 aliphatic carbocycles. The standard InChI is InChI=1S/C24H32N4O4/c1-4-19-21-20(14-24(15-25-22(21)29)8-12-31-13-9-24)28(27-19)10-5-11-32-23(30)18-7-6-16(2)26-17(18)3/h6-7H,4-5,8-15H2,1-3H3,(H,25,29). The molecule has 4 rings (SSSR count). The lowest BCUT2D eigenvalue weighted by Gasteiger charge is -2.36. The molecule has 4 heterocycles. The minimum atomic E-state index is -0.357. The zero-order valence-corrected chi connectivity index (χ0v) is 19.2. The normalized spacial score (nSPS) is 17.5. The summed E-state index contributed by atoms with van der Waals surface area (Å²) in [7, 11) is 0. The average Bonchev–Trinajstić information content (AvgIpc) is 3.05. The number of rotatable bonds is 6. The summed E-state index contributed by atoms with van der Waals surface area (Å²) < 4.78 is 13.0. The van der Waals surface area contributed by atoms with Gasteiger partial charge in [-0.3, -0.25) is 14.5 Å². The first-order valence-electron chi connectivity index (χ1n) is 11.5. The zero-order chi connectivity index (χ0) is 22.7. The highest BCUT2D eigenvalue weighted by Gasteiger charge is 2.39. The smallest absolute Gasteiger partial charge is 0.339 e. The monoisotopic (exact) mass is 440 g/mol. The molecule has 2 aromatic heterocycles. The summed E-state index contributed by atoms with van der Waals surface area (Å²) in [4.78, 5) is 29.6. The van der Waals surface area contributed by atoms with Crippen LogP contribution in [0.15, 0.2) is 12.1 Å². The molecule has 1 saturated heterocycles. The zero-order valence-electron chi connectivity index (χ0n) is 19.2. The molecule has 32 heavy (non-hydrogen) atoms. The summed E-state index contributed by atoms with van der Waals surface area (Å²) in [5, 5.41) is 7.89. The fraction of sp³-hybridized carbons (Fsp3) is 0.583. The SMILES string of the molecule is CCc1nn(CCCOC(=O)c2ccc(C)nc2C)c2c1C(=O)NCC1(CCOCC1)C2. The molecule has 2 aliphatic rings. The van der Waals surface area contributed by atoms with Gasteiger partial charge >= 0.3 is 5.97 Å². The Morgan fingerprint density at radius 2 is 2.06 bits per heavy atom. The first-order valence-corrected chi connectivity index (χ1v) is 11.5. The number of nitrogens with zero attached hydrogens (tertiary/aromatic N) is 3. The predicted octanol–water partition coefficient (Wildman–Crippen LogP) is 2.79. The third-order valence-corrected chi connectivity index (χ3v) is 6.60. The van der Waals surface area contributed by atoms with Crippen molar-refractivity contribution in [3.05, 3.63) is 46.0 Å². The summed E-state index contributed by atoms with van der Waals surface area (Å²) in [6, 6.07) is 3.57. The van der Waals surface area contributed by atoms with Crippen LogP contribution in [0.1, 0.15) is 69.7 Å². The molecule has 2 aliphatic heterocycles. The number of aromatic nitrogens is 3. The maximum absolute atomic E-state index is 12.9. The van der Waals surface area contributed by atoms with E-state index in [1.807, 2.05) is 31.5 Å². The molecule has 8 nitrogen and oxygen atoms in total. The number of pyridine rings is 1. The Morgan fingerprint density at radius 1 is 1.28 bits per heavy atom. The van der Waals surface area contributed by atoms with E-state index < -0.39 is 0 Å². The van der Waals surface area contributed by atoms with Gasteiger partial charge in [-0.15, -0.1) is 0 Å². The second kappa shape index (κ2) is 9.40. The Hall–Kier alpha value is -2.74. The van der Waals surface area contributed by atoms with Crippen LogP contribution >= 0.6 is 0 Å². The van der Waals surface area contributed by atoms with Crippen molar-refractivity contribution in [2.45, 2.75) is 59.4 Å². The lowest BCUT2D eigenvalue weighted by atomic mass is 9.76. The van der Waals surface area contributed by atoms with Crippen LogP contribution < -0.4 is 5.32 Å². The highest BCUT2D eigenvalue weighted by Crippen LogP contribution is 2.37. The van der Waals surface area contributed by atoms with Gasteiger partial charge in [-0.25, -0.2) is 4.79 Å². The van der Waals surface area contributed by atoms with E-state index in [-0.39, 0.29) is 23.9 Å². The largest absolute Gasteiger partial charge is 0.462 e. The summed E-state index contributed by atoms with van der Waals surface area (Å²) in [5.41, 5.74) is 4.63. The molecule has 1 spiro atoms. The maximum atomic E-state index is 12.9. The highest BCUT2D eigenvalue weighted by atomic mass is 16.5. The van der Waals surface area contributed by atoms with Crippen LogP contribution in [0.3, 0.4) is 0 Å². The number of carbonyl (C=O) groups excluding carboxylic acids is 2. The van der Waals surface area contributed by atoms with Gasteiger partial charge in [0.15, 0.2) is 0 Å². The third-order valence-electron chi connectivity index (χ3n) is 6.60. The van der Waals surface area contributed by atoms with E-state index in [0.29, 0.717) is 37.2 Å². The first-order chi connectivity index (χ1) is 15.4. The number of hydrogen-bond donors (Lipinski definition) is 1. The molecular formula is C24H32N4O4. The molecule has 8 heteroatoms. The third kappa shape index (κ3) is 4.55. The van der Waals surface area contributed by atoms with E-state index in [4.69, 9.17) is 14.6 Å². The van der Waals surface area contributed by atoms with Gasteiger partial charge in [0, 0.05) is 38.4 Å². The van der Waals surface area contributed by atoms with Crippen molar-refractivity contribution < 1.29 is 19.1 Å². The van der Waals surface area contributed by atoms with E-state index in [1.54, 1.807) is 6.07 Å². The van der Waals surface area contributed by atoms with Gasteiger partial charge in [0.05, 0.1) is 34.8 Å². The van der Waals surface area contributed by atoms with E-state index >= 15 is 0 Å². The Balaban J connectivity index is 1.45. The maximum Gasteiger partial charge on any atom is 0.339 e. The molecule has 0 unspecified atom stereocenters. The Kier molecular flexibility index (Phi) is 6.60. The van der Waals surface area contributed by atoms with Crippen LogP contribution in [-0.2, 0) is 28.9 Å². The first kappa shape index (κ1) is 22.5. The lowest BCUT2D eigenvalue weighted by molar-refractivity contribution is 0.0152. The number of ether oxygens (including phenoxy) is 2. The molecule has 1 amide bonds.